The molecule has 2 atom stereocenters. The number of nitrogens with zero attached hydrogens (tertiary/aromatic N) is 2. The summed E-state index contributed by atoms with van der Waals surface area (Å²) in [5.41, 5.74) is 1.83. The topological polar surface area (TPSA) is 86.8 Å². The van der Waals surface area contributed by atoms with Gasteiger partial charge in [-0.2, -0.15) is 0 Å². The van der Waals surface area contributed by atoms with Gasteiger partial charge in [-0.25, -0.2) is 8.42 Å². The molecule has 0 aliphatic heterocycles. The minimum Gasteiger partial charge on any atom is -0.352 e. The zero-order chi connectivity index (χ0) is 26.5. The first-order valence-electron chi connectivity index (χ1n) is 11.0. The predicted octanol–water partition coefficient (Wildman–Crippen LogP) is 5.16. The van der Waals surface area contributed by atoms with Gasteiger partial charge in [0.15, 0.2) is 0 Å². The van der Waals surface area contributed by atoms with E-state index in [1.807, 2.05) is 20.8 Å². The van der Waals surface area contributed by atoms with Crippen molar-refractivity contribution in [2.75, 3.05) is 17.1 Å². The van der Waals surface area contributed by atoms with E-state index in [0.29, 0.717) is 21.3 Å². The molecule has 0 heterocycles. The number of amides is 2. The molecule has 0 aliphatic carbocycles. The molecule has 0 saturated heterocycles. The predicted molar refractivity (Wildman–Crippen MR) is 145 cm³/mol. The van der Waals surface area contributed by atoms with Gasteiger partial charge < -0.3 is 10.2 Å². The number of benzene rings is 2. The molecule has 0 aliphatic rings. The van der Waals surface area contributed by atoms with Gasteiger partial charge in [-0.05, 0) is 68.7 Å². The highest BCUT2D eigenvalue weighted by Crippen LogP contribution is 2.26. The SMILES string of the molecule is CC[C@@H](C)NC(=O)[C@@H](C)N(Cc1ccc(Cl)c(Cl)c1)C(=O)CN(c1ccc(Br)c(C)c1)S(C)(=O)=O. The number of halogens is 3. The number of anilines is 1. The average Bonchev–Trinajstić information content (AvgIpc) is 2.78. The fraction of sp³-hybridized carbons (Fsp3) is 0.417. The maximum Gasteiger partial charge on any atom is 0.244 e. The van der Waals surface area contributed by atoms with Crippen LogP contribution in [0.2, 0.25) is 10.0 Å². The number of hydrogen-bond donors (Lipinski definition) is 1. The second-order valence-corrected chi connectivity index (χ2v) is 12.0. The minimum absolute atomic E-state index is 0.0434. The van der Waals surface area contributed by atoms with Gasteiger partial charge in [0.1, 0.15) is 12.6 Å². The molecular formula is C24H30BrCl2N3O4S. The lowest BCUT2D eigenvalue weighted by atomic mass is 10.1. The first kappa shape index (κ1) is 29.4. The Morgan fingerprint density at radius 1 is 1.09 bits per heavy atom. The Bertz CT molecular complexity index is 1190. The van der Waals surface area contributed by atoms with Crippen molar-refractivity contribution in [1.82, 2.24) is 10.2 Å². The number of hydrogen-bond acceptors (Lipinski definition) is 4. The van der Waals surface area contributed by atoms with Crippen LogP contribution in [-0.4, -0.2) is 50.0 Å². The van der Waals surface area contributed by atoms with Gasteiger partial charge in [-0.15, -0.1) is 0 Å². The molecule has 0 saturated carbocycles. The molecule has 0 radical (unpaired) electrons. The van der Waals surface area contributed by atoms with Crippen molar-refractivity contribution < 1.29 is 18.0 Å². The van der Waals surface area contributed by atoms with E-state index in [9.17, 15) is 18.0 Å². The van der Waals surface area contributed by atoms with Crippen LogP contribution in [0.5, 0.6) is 0 Å². The number of aryl methyl sites for hydroxylation is 1. The Morgan fingerprint density at radius 2 is 1.74 bits per heavy atom. The minimum atomic E-state index is -3.80. The fourth-order valence-electron chi connectivity index (χ4n) is 3.28. The molecule has 2 aromatic rings. The number of carbonyl (C=O) groups is 2. The molecule has 1 N–H and O–H groups in total. The van der Waals surface area contributed by atoms with Gasteiger partial charge in [-0.1, -0.05) is 52.1 Å². The molecule has 0 unspecified atom stereocenters. The lowest BCUT2D eigenvalue weighted by Gasteiger charge is -2.32. The quantitative estimate of drug-likeness (QED) is 0.405. The van der Waals surface area contributed by atoms with Gasteiger partial charge in [0.25, 0.3) is 0 Å². The Balaban J connectivity index is 2.43. The molecule has 2 aromatic carbocycles. The van der Waals surface area contributed by atoms with Crippen molar-refractivity contribution in [1.29, 1.82) is 0 Å². The van der Waals surface area contributed by atoms with Crippen LogP contribution in [0.3, 0.4) is 0 Å². The molecule has 0 spiro atoms. The van der Waals surface area contributed by atoms with Crippen molar-refractivity contribution in [2.45, 2.75) is 52.7 Å². The molecule has 0 bridgehead atoms. The second-order valence-electron chi connectivity index (χ2n) is 8.47. The summed E-state index contributed by atoms with van der Waals surface area (Å²) in [5.74, 6) is -0.868. The molecule has 2 rings (SSSR count). The van der Waals surface area contributed by atoms with Gasteiger partial charge in [-0.3, -0.25) is 13.9 Å². The summed E-state index contributed by atoms with van der Waals surface area (Å²) in [6.07, 6.45) is 1.77. The number of rotatable bonds is 10. The monoisotopic (exact) mass is 605 g/mol. The van der Waals surface area contributed by atoms with E-state index < -0.39 is 28.5 Å². The lowest BCUT2D eigenvalue weighted by molar-refractivity contribution is -0.139. The van der Waals surface area contributed by atoms with E-state index in [-0.39, 0.29) is 18.5 Å². The number of sulfonamides is 1. The van der Waals surface area contributed by atoms with Crippen molar-refractivity contribution in [3.05, 3.63) is 62.0 Å². The average molecular weight is 607 g/mol. The van der Waals surface area contributed by atoms with Gasteiger partial charge in [0.2, 0.25) is 21.8 Å². The third-order valence-electron chi connectivity index (χ3n) is 5.61. The smallest absolute Gasteiger partial charge is 0.244 e. The van der Waals surface area contributed by atoms with Crippen LogP contribution < -0.4 is 9.62 Å². The van der Waals surface area contributed by atoms with Crippen LogP contribution in [0.15, 0.2) is 40.9 Å². The van der Waals surface area contributed by atoms with Crippen LogP contribution in [0.1, 0.15) is 38.3 Å². The molecular weight excluding hydrogens is 577 g/mol. The molecule has 2 amide bonds. The van der Waals surface area contributed by atoms with E-state index in [2.05, 4.69) is 21.2 Å². The zero-order valence-electron chi connectivity index (χ0n) is 20.3. The fourth-order valence-corrected chi connectivity index (χ4v) is 4.69. The van der Waals surface area contributed by atoms with Gasteiger partial charge in [0, 0.05) is 17.1 Å². The number of nitrogens with one attached hydrogen (secondary N) is 1. The van der Waals surface area contributed by atoms with Crippen molar-refractivity contribution in [2.24, 2.45) is 0 Å². The van der Waals surface area contributed by atoms with Crippen LogP contribution >= 0.6 is 39.1 Å². The van der Waals surface area contributed by atoms with Crippen LogP contribution in [0.25, 0.3) is 0 Å². The first-order valence-corrected chi connectivity index (χ1v) is 14.4. The van der Waals surface area contributed by atoms with Crippen molar-refractivity contribution in [3.8, 4) is 0 Å². The Labute approximate surface area is 225 Å². The molecule has 11 heteroatoms. The highest BCUT2D eigenvalue weighted by Gasteiger charge is 2.30. The molecule has 0 fully saturated rings. The zero-order valence-corrected chi connectivity index (χ0v) is 24.2. The third kappa shape index (κ3) is 8.10. The van der Waals surface area contributed by atoms with Gasteiger partial charge in [0.05, 0.1) is 22.0 Å². The molecule has 0 aromatic heterocycles. The summed E-state index contributed by atoms with van der Waals surface area (Å²) < 4.78 is 27.1. The Hall–Kier alpha value is -1.81. The van der Waals surface area contributed by atoms with E-state index in [0.717, 1.165) is 27.0 Å². The summed E-state index contributed by atoms with van der Waals surface area (Å²) >= 11 is 15.6. The summed E-state index contributed by atoms with van der Waals surface area (Å²) in [6, 6.07) is 9.02. The normalized spacial score (nSPS) is 13.1. The summed E-state index contributed by atoms with van der Waals surface area (Å²) in [4.78, 5) is 27.8. The van der Waals surface area contributed by atoms with E-state index in [1.54, 1.807) is 43.3 Å². The molecule has 35 heavy (non-hydrogen) atoms. The lowest BCUT2D eigenvalue weighted by Crippen LogP contribution is -2.52. The van der Waals surface area contributed by atoms with Crippen LogP contribution in [0, 0.1) is 6.92 Å². The van der Waals surface area contributed by atoms with Crippen molar-refractivity contribution in [3.63, 3.8) is 0 Å². The maximum absolute atomic E-state index is 13.6. The summed E-state index contributed by atoms with van der Waals surface area (Å²) in [7, 11) is -3.80. The summed E-state index contributed by atoms with van der Waals surface area (Å²) in [6.45, 7) is 6.83. The largest absolute Gasteiger partial charge is 0.352 e. The van der Waals surface area contributed by atoms with E-state index in [4.69, 9.17) is 23.2 Å². The standard InChI is InChI=1S/C24H30BrCl2N3O4S/c1-6-16(3)28-24(32)17(4)29(13-18-7-10-21(26)22(27)12-18)23(31)14-30(35(5,33)34)19-8-9-20(25)15(2)11-19/h7-12,16-17H,6,13-14H2,1-5H3,(H,28,32)/t16-,17-/m1/s1. The molecule has 192 valence electrons. The van der Waals surface area contributed by atoms with E-state index >= 15 is 0 Å². The third-order valence-corrected chi connectivity index (χ3v) is 8.38. The van der Waals surface area contributed by atoms with Gasteiger partial charge >= 0.3 is 0 Å². The van der Waals surface area contributed by atoms with E-state index in [1.165, 1.54) is 4.90 Å². The number of carbonyl (C=O) groups excluding carboxylic acids is 2. The van der Waals surface area contributed by atoms with Crippen LogP contribution in [-0.2, 0) is 26.2 Å². The highest BCUT2D eigenvalue weighted by molar-refractivity contribution is 9.10. The summed E-state index contributed by atoms with van der Waals surface area (Å²) in [5, 5.41) is 3.56. The highest BCUT2D eigenvalue weighted by atomic mass is 79.9. The second kappa shape index (κ2) is 12.4. The van der Waals surface area contributed by atoms with Crippen LogP contribution in [0.4, 0.5) is 5.69 Å². The Morgan fingerprint density at radius 3 is 2.29 bits per heavy atom. The molecule has 7 nitrogen and oxygen atoms in total. The Kier molecular flexibility index (Phi) is 10.4. The maximum atomic E-state index is 13.6. The van der Waals surface area contributed by atoms with Crippen molar-refractivity contribution >= 4 is 66.7 Å². The first-order chi connectivity index (χ1) is 16.2.